The van der Waals surface area contributed by atoms with Gasteiger partial charge in [0.15, 0.2) is 0 Å². The lowest BCUT2D eigenvalue weighted by Crippen LogP contribution is -2.52. The number of rotatable bonds is 3. The first kappa shape index (κ1) is 16.0. The van der Waals surface area contributed by atoms with E-state index < -0.39 is 0 Å². The van der Waals surface area contributed by atoms with Gasteiger partial charge >= 0.3 is 0 Å². The number of nitrogens with zero attached hydrogens (tertiary/aromatic N) is 3. The molecule has 0 bridgehead atoms. The largest absolute Gasteiger partial charge is 0.487 e. The molecule has 5 nitrogen and oxygen atoms in total. The van der Waals surface area contributed by atoms with E-state index in [2.05, 4.69) is 9.88 Å². The van der Waals surface area contributed by atoms with Crippen molar-refractivity contribution in [2.75, 3.05) is 26.2 Å². The normalized spacial score (nSPS) is 23.3. The van der Waals surface area contributed by atoms with E-state index in [4.69, 9.17) is 4.74 Å². The Morgan fingerprint density at radius 2 is 2.12 bits per heavy atom. The molecule has 1 amide bonds. The minimum Gasteiger partial charge on any atom is -0.487 e. The standard InChI is InChI=1S/C19H20FN3O2/c20-15-4-1-3-14(9-15)19(24)23-8-7-22-13-18(10-16(22)12-23)25-17-5-2-6-21-11-17/h1-6,9,11,16,18H,7-8,10,12-13H2/t16-,18+/m0/s1. The highest BCUT2D eigenvalue weighted by Crippen LogP contribution is 2.26. The van der Waals surface area contributed by atoms with Gasteiger partial charge in [0.2, 0.25) is 0 Å². The number of piperazine rings is 1. The summed E-state index contributed by atoms with van der Waals surface area (Å²) in [5.41, 5.74) is 0.412. The second-order valence-corrected chi connectivity index (χ2v) is 6.57. The first-order chi connectivity index (χ1) is 12.2. The molecule has 6 heteroatoms. The van der Waals surface area contributed by atoms with Crippen LogP contribution in [0, 0.1) is 5.82 Å². The Hall–Kier alpha value is -2.47. The fourth-order valence-corrected chi connectivity index (χ4v) is 3.68. The molecule has 0 unspecified atom stereocenters. The van der Waals surface area contributed by atoms with Gasteiger partial charge in [-0.3, -0.25) is 14.7 Å². The van der Waals surface area contributed by atoms with E-state index in [1.165, 1.54) is 12.1 Å². The molecular formula is C19H20FN3O2. The number of aromatic nitrogens is 1. The SMILES string of the molecule is O=C(c1cccc(F)c1)N1CCN2C[C@H](Oc3cccnc3)C[C@H]2C1. The summed E-state index contributed by atoms with van der Waals surface area (Å²) in [5, 5.41) is 0. The summed E-state index contributed by atoms with van der Waals surface area (Å²) in [4.78, 5) is 20.9. The quantitative estimate of drug-likeness (QED) is 0.859. The second kappa shape index (κ2) is 6.80. The van der Waals surface area contributed by atoms with Crippen LogP contribution >= 0.6 is 0 Å². The van der Waals surface area contributed by atoms with Crippen LogP contribution in [0.4, 0.5) is 4.39 Å². The van der Waals surface area contributed by atoms with E-state index in [1.807, 2.05) is 17.0 Å². The Kier molecular flexibility index (Phi) is 4.36. The minimum absolute atomic E-state index is 0.101. The van der Waals surface area contributed by atoms with Crippen molar-refractivity contribution in [1.82, 2.24) is 14.8 Å². The highest BCUT2D eigenvalue weighted by Gasteiger charge is 2.38. The van der Waals surface area contributed by atoms with Crippen LogP contribution in [-0.4, -0.2) is 59.0 Å². The number of pyridine rings is 1. The Balaban J connectivity index is 1.39. The molecule has 2 aliphatic heterocycles. The zero-order valence-electron chi connectivity index (χ0n) is 13.8. The van der Waals surface area contributed by atoms with Crippen LogP contribution in [0.25, 0.3) is 0 Å². The van der Waals surface area contributed by atoms with Gasteiger partial charge in [-0.25, -0.2) is 4.39 Å². The molecule has 1 aromatic carbocycles. The predicted molar refractivity (Wildman–Crippen MR) is 90.9 cm³/mol. The number of fused-ring (bicyclic) bond motifs is 1. The van der Waals surface area contributed by atoms with Crippen LogP contribution in [0.5, 0.6) is 5.75 Å². The van der Waals surface area contributed by atoms with E-state index in [9.17, 15) is 9.18 Å². The molecule has 2 saturated heterocycles. The Morgan fingerprint density at radius 3 is 2.92 bits per heavy atom. The Bertz CT molecular complexity index is 755. The number of hydrogen-bond acceptors (Lipinski definition) is 4. The highest BCUT2D eigenvalue weighted by atomic mass is 19.1. The lowest BCUT2D eigenvalue weighted by Gasteiger charge is -2.37. The van der Waals surface area contributed by atoms with Crippen LogP contribution < -0.4 is 4.74 Å². The van der Waals surface area contributed by atoms with Crippen molar-refractivity contribution in [3.8, 4) is 5.75 Å². The minimum atomic E-state index is -0.379. The predicted octanol–water partition coefficient (Wildman–Crippen LogP) is 2.20. The number of ether oxygens (including phenoxy) is 1. The topological polar surface area (TPSA) is 45.7 Å². The summed E-state index contributed by atoms with van der Waals surface area (Å²) in [6.07, 6.45) is 4.43. The van der Waals surface area contributed by atoms with Crippen LogP contribution in [0.1, 0.15) is 16.8 Å². The average Bonchev–Trinajstić information content (AvgIpc) is 3.03. The summed E-state index contributed by atoms with van der Waals surface area (Å²) in [6.45, 7) is 2.99. The highest BCUT2D eigenvalue weighted by molar-refractivity contribution is 5.94. The van der Waals surface area contributed by atoms with Gasteiger partial charge in [0.05, 0.1) is 6.20 Å². The van der Waals surface area contributed by atoms with Gasteiger partial charge in [-0.05, 0) is 30.3 Å². The molecule has 2 aliphatic rings. The fraction of sp³-hybridized carbons (Fsp3) is 0.368. The third-order valence-corrected chi connectivity index (χ3v) is 4.87. The van der Waals surface area contributed by atoms with Gasteiger partial charge in [-0.2, -0.15) is 0 Å². The van der Waals surface area contributed by atoms with E-state index in [1.54, 1.807) is 24.5 Å². The molecule has 2 aromatic rings. The van der Waals surface area contributed by atoms with Crippen molar-refractivity contribution in [2.45, 2.75) is 18.6 Å². The zero-order valence-corrected chi connectivity index (χ0v) is 13.8. The summed E-state index contributed by atoms with van der Waals surface area (Å²) in [5.74, 6) is 0.297. The molecule has 1 aromatic heterocycles. The van der Waals surface area contributed by atoms with Crippen LogP contribution in [0.3, 0.4) is 0 Å². The molecule has 0 spiro atoms. The fourth-order valence-electron chi connectivity index (χ4n) is 3.68. The van der Waals surface area contributed by atoms with E-state index >= 15 is 0 Å². The van der Waals surface area contributed by atoms with Gasteiger partial charge in [0, 0.05) is 50.4 Å². The molecule has 2 atom stereocenters. The van der Waals surface area contributed by atoms with Gasteiger partial charge in [0.25, 0.3) is 5.91 Å². The van der Waals surface area contributed by atoms with Crippen LogP contribution in [0.2, 0.25) is 0 Å². The molecule has 0 aliphatic carbocycles. The third-order valence-electron chi connectivity index (χ3n) is 4.87. The van der Waals surface area contributed by atoms with Crippen LogP contribution in [-0.2, 0) is 0 Å². The lowest BCUT2D eigenvalue weighted by molar-refractivity contribution is 0.0569. The summed E-state index contributed by atoms with van der Waals surface area (Å²) in [6, 6.07) is 9.95. The number of carbonyl (C=O) groups excluding carboxylic acids is 1. The van der Waals surface area contributed by atoms with Gasteiger partial charge in [-0.15, -0.1) is 0 Å². The van der Waals surface area contributed by atoms with Crippen molar-refractivity contribution in [3.63, 3.8) is 0 Å². The first-order valence-corrected chi connectivity index (χ1v) is 8.54. The number of benzene rings is 1. The molecule has 25 heavy (non-hydrogen) atoms. The van der Waals surface area contributed by atoms with Crippen molar-refractivity contribution in [2.24, 2.45) is 0 Å². The number of hydrogen-bond donors (Lipinski definition) is 0. The monoisotopic (exact) mass is 341 g/mol. The maximum atomic E-state index is 13.4. The molecule has 3 heterocycles. The summed E-state index contributed by atoms with van der Waals surface area (Å²) < 4.78 is 19.4. The van der Waals surface area contributed by atoms with Crippen molar-refractivity contribution < 1.29 is 13.9 Å². The molecule has 0 saturated carbocycles. The van der Waals surface area contributed by atoms with Gasteiger partial charge in [0.1, 0.15) is 17.7 Å². The summed E-state index contributed by atoms with van der Waals surface area (Å²) in [7, 11) is 0. The van der Waals surface area contributed by atoms with Gasteiger partial charge < -0.3 is 9.64 Å². The Morgan fingerprint density at radius 1 is 1.20 bits per heavy atom. The maximum Gasteiger partial charge on any atom is 0.254 e. The average molecular weight is 341 g/mol. The first-order valence-electron chi connectivity index (χ1n) is 8.54. The van der Waals surface area contributed by atoms with Crippen molar-refractivity contribution in [3.05, 3.63) is 60.2 Å². The van der Waals surface area contributed by atoms with Crippen molar-refractivity contribution >= 4 is 5.91 Å². The smallest absolute Gasteiger partial charge is 0.254 e. The Labute approximate surface area is 146 Å². The van der Waals surface area contributed by atoms with E-state index in [0.29, 0.717) is 18.7 Å². The second-order valence-electron chi connectivity index (χ2n) is 6.57. The number of carbonyl (C=O) groups is 1. The molecule has 130 valence electrons. The van der Waals surface area contributed by atoms with Gasteiger partial charge in [-0.1, -0.05) is 6.07 Å². The molecular weight excluding hydrogens is 321 g/mol. The van der Waals surface area contributed by atoms with E-state index in [0.717, 1.165) is 25.3 Å². The van der Waals surface area contributed by atoms with Crippen molar-refractivity contribution in [1.29, 1.82) is 0 Å². The van der Waals surface area contributed by atoms with E-state index in [-0.39, 0.29) is 23.9 Å². The number of amides is 1. The summed E-state index contributed by atoms with van der Waals surface area (Å²) >= 11 is 0. The molecule has 2 fully saturated rings. The van der Waals surface area contributed by atoms with Crippen LogP contribution in [0.15, 0.2) is 48.8 Å². The lowest BCUT2D eigenvalue weighted by atomic mass is 10.1. The molecule has 0 radical (unpaired) electrons. The zero-order chi connectivity index (χ0) is 17.2. The number of halogens is 1. The third kappa shape index (κ3) is 3.49. The molecule has 0 N–H and O–H groups in total. The molecule has 4 rings (SSSR count). The maximum absolute atomic E-state index is 13.4.